The van der Waals surface area contributed by atoms with Crippen LogP contribution >= 0.6 is 22.9 Å². The van der Waals surface area contributed by atoms with Crippen LogP contribution < -0.4 is 0 Å². The SMILES string of the molecule is O=Cc1cn(-c2ncccn2)nc1-c1ccc(Cl)s1. The van der Waals surface area contributed by atoms with Gasteiger partial charge in [-0.05, 0) is 18.2 Å². The van der Waals surface area contributed by atoms with Crippen LogP contribution in [0.3, 0.4) is 0 Å². The van der Waals surface area contributed by atoms with Crippen LogP contribution in [-0.4, -0.2) is 26.0 Å². The van der Waals surface area contributed by atoms with E-state index in [1.165, 1.54) is 16.0 Å². The predicted molar refractivity (Wildman–Crippen MR) is 72.9 cm³/mol. The van der Waals surface area contributed by atoms with Gasteiger partial charge in [0, 0.05) is 18.6 Å². The van der Waals surface area contributed by atoms with E-state index in [9.17, 15) is 4.79 Å². The van der Waals surface area contributed by atoms with Crippen LogP contribution in [0.25, 0.3) is 16.5 Å². The lowest BCUT2D eigenvalue weighted by atomic mass is 10.2. The fourth-order valence-corrected chi connectivity index (χ4v) is 2.67. The largest absolute Gasteiger partial charge is 0.298 e. The van der Waals surface area contributed by atoms with E-state index in [4.69, 9.17) is 11.6 Å². The van der Waals surface area contributed by atoms with Crippen molar-refractivity contribution in [1.82, 2.24) is 19.7 Å². The lowest BCUT2D eigenvalue weighted by Gasteiger charge is -1.96. The minimum atomic E-state index is 0.416. The number of halogens is 1. The highest BCUT2D eigenvalue weighted by Gasteiger charge is 2.14. The molecule has 0 fully saturated rings. The molecule has 0 atom stereocenters. The number of aromatic nitrogens is 4. The second-order valence-electron chi connectivity index (χ2n) is 3.65. The first kappa shape index (κ1) is 12.0. The average Bonchev–Trinajstić information content (AvgIpc) is 3.05. The Bertz CT molecular complexity index is 722. The van der Waals surface area contributed by atoms with E-state index in [1.807, 2.05) is 6.07 Å². The van der Waals surface area contributed by atoms with E-state index in [0.717, 1.165) is 11.2 Å². The van der Waals surface area contributed by atoms with Gasteiger partial charge >= 0.3 is 0 Å². The molecule has 5 nitrogen and oxygen atoms in total. The average molecular weight is 291 g/mol. The van der Waals surface area contributed by atoms with Crippen LogP contribution in [0, 0.1) is 0 Å². The van der Waals surface area contributed by atoms with E-state index >= 15 is 0 Å². The van der Waals surface area contributed by atoms with Crippen molar-refractivity contribution < 1.29 is 4.79 Å². The van der Waals surface area contributed by atoms with Crippen molar-refractivity contribution in [2.75, 3.05) is 0 Å². The minimum absolute atomic E-state index is 0.416. The first-order chi connectivity index (χ1) is 9.28. The summed E-state index contributed by atoms with van der Waals surface area (Å²) in [6.07, 6.45) is 5.60. The Morgan fingerprint density at radius 1 is 1.26 bits per heavy atom. The van der Waals surface area contributed by atoms with E-state index < -0.39 is 0 Å². The fourth-order valence-electron chi connectivity index (χ4n) is 1.62. The summed E-state index contributed by atoms with van der Waals surface area (Å²) in [4.78, 5) is 20.1. The molecule has 0 aromatic carbocycles. The molecule has 0 saturated carbocycles. The highest BCUT2D eigenvalue weighted by Crippen LogP contribution is 2.31. The molecule has 0 amide bonds. The van der Waals surface area contributed by atoms with E-state index in [-0.39, 0.29) is 0 Å². The number of rotatable bonds is 3. The van der Waals surface area contributed by atoms with Crippen LogP contribution in [0.2, 0.25) is 4.34 Å². The third kappa shape index (κ3) is 2.27. The first-order valence-corrected chi connectivity index (χ1v) is 6.55. The summed E-state index contributed by atoms with van der Waals surface area (Å²) >= 11 is 7.27. The summed E-state index contributed by atoms with van der Waals surface area (Å²) in [6, 6.07) is 5.32. The Labute approximate surface area is 117 Å². The van der Waals surface area contributed by atoms with Crippen LogP contribution in [-0.2, 0) is 0 Å². The predicted octanol–water partition coefficient (Wildman–Crippen LogP) is 2.86. The number of hydrogen-bond acceptors (Lipinski definition) is 5. The summed E-state index contributed by atoms with van der Waals surface area (Å²) in [7, 11) is 0. The number of carbonyl (C=O) groups excluding carboxylic acids is 1. The lowest BCUT2D eigenvalue weighted by molar-refractivity contribution is 0.112. The number of nitrogens with zero attached hydrogens (tertiary/aromatic N) is 4. The van der Waals surface area contributed by atoms with E-state index in [2.05, 4.69) is 15.1 Å². The number of carbonyl (C=O) groups is 1. The van der Waals surface area contributed by atoms with E-state index in [0.29, 0.717) is 21.5 Å². The van der Waals surface area contributed by atoms with Gasteiger partial charge < -0.3 is 0 Å². The monoisotopic (exact) mass is 290 g/mol. The summed E-state index contributed by atoms with van der Waals surface area (Å²) in [5, 5.41) is 4.35. The second kappa shape index (κ2) is 4.91. The van der Waals surface area contributed by atoms with Crippen LogP contribution in [0.4, 0.5) is 0 Å². The molecule has 0 N–H and O–H groups in total. The molecular weight excluding hydrogens is 284 g/mol. The zero-order valence-electron chi connectivity index (χ0n) is 9.52. The van der Waals surface area contributed by atoms with Crippen molar-refractivity contribution in [3.8, 4) is 16.5 Å². The van der Waals surface area contributed by atoms with Gasteiger partial charge in [-0.3, -0.25) is 4.79 Å². The molecule has 7 heteroatoms. The summed E-state index contributed by atoms with van der Waals surface area (Å²) in [5.74, 6) is 0.416. The van der Waals surface area contributed by atoms with Gasteiger partial charge in [-0.2, -0.15) is 5.10 Å². The van der Waals surface area contributed by atoms with Crippen LogP contribution in [0.1, 0.15) is 10.4 Å². The smallest absolute Gasteiger partial charge is 0.250 e. The molecule has 94 valence electrons. The third-order valence-electron chi connectivity index (χ3n) is 2.43. The standard InChI is InChI=1S/C12H7ClN4OS/c13-10-3-2-9(19-10)11-8(7-18)6-17(16-11)12-14-4-1-5-15-12/h1-7H. The molecule has 19 heavy (non-hydrogen) atoms. The van der Waals surface area contributed by atoms with Gasteiger partial charge in [-0.1, -0.05) is 11.6 Å². The maximum atomic E-state index is 11.1. The number of aldehydes is 1. The molecule has 0 aliphatic rings. The minimum Gasteiger partial charge on any atom is -0.298 e. The van der Waals surface area contributed by atoms with Crippen molar-refractivity contribution in [2.24, 2.45) is 0 Å². The normalized spacial score (nSPS) is 10.6. The third-order valence-corrected chi connectivity index (χ3v) is 3.67. The van der Waals surface area contributed by atoms with Crippen LogP contribution in [0.5, 0.6) is 0 Å². The van der Waals surface area contributed by atoms with Gasteiger partial charge in [0.15, 0.2) is 6.29 Å². The quantitative estimate of drug-likeness (QED) is 0.696. The lowest BCUT2D eigenvalue weighted by Crippen LogP contribution is -2.00. The van der Waals surface area contributed by atoms with Gasteiger partial charge in [-0.15, -0.1) is 11.3 Å². The Morgan fingerprint density at radius 2 is 2.05 bits per heavy atom. The summed E-state index contributed by atoms with van der Waals surface area (Å²) in [6.45, 7) is 0. The van der Waals surface area contributed by atoms with Gasteiger partial charge in [-0.25, -0.2) is 14.6 Å². The maximum absolute atomic E-state index is 11.1. The van der Waals surface area contributed by atoms with Gasteiger partial charge in [0.25, 0.3) is 0 Å². The first-order valence-electron chi connectivity index (χ1n) is 5.36. The number of thiophene rings is 1. The Hall–Kier alpha value is -2.05. The molecule has 0 radical (unpaired) electrons. The molecule has 3 rings (SSSR count). The summed E-state index contributed by atoms with van der Waals surface area (Å²) in [5.41, 5.74) is 1.06. The molecule has 3 aromatic heterocycles. The van der Waals surface area contributed by atoms with Crippen LogP contribution in [0.15, 0.2) is 36.8 Å². The van der Waals surface area contributed by atoms with Gasteiger partial charge in [0.1, 0.15) is 5.69 Å². The Morgan fingerprint density at radius 3 is 2.68 bits per heavy atom. The topological polar surface area (TPSA) is 60.7 Å². The molecule has 0 aliphatic carbocycles. The van der Waals surface area contributed by atoms with Crippen molar-refractivity contribution >= 4 is 29.2 Å². The highest BCUT2D eigenvalue weighted by atomic mass is 35.5. The Kier molecular flexibility index (Phi) is 3.10. The Balaban J connectivity index is 2.11. The molecule has 3 heterocycles. The zero-order chi connectivity index (χ0) is 13.2. The molecule has 0 saturated heterocycles. The van der Waals surface area contributed by atoms with E-state index in [1.54, 1.807) is 30.7 Å². The van der Waals surface area contributed by atoms with Crippen molar-refractivity contribution in [3.63, 3.8) is 0 Å². The molecule has 0 unspecified atom stereocenters. The molecule has 0 bridgehead atoms. The molecule has 0 aliphatic heterocycles. The maximum Gasteiger partial charge on any atom is 0.250 e. The molecular formula is C12H7ClN4OS. The molecule has 3 aromatic rings. The molecule has 0 spiro atoms. The zero-order valence-corrected chi connectivity index (χ0v) is 11.1. The van der Waals surface area contributed by atoms with Gasteiger partial charge in [0.2, 0.25) is 5.95 Å². The van der Waals surface area contributed by atoms with Crippen molar-refractivity contribution in [2.45, 2.75) is 0 Å². The van der Waals surface area contributed by atoms with Crippen molar-refractivity contribution in [1.29, 1.82) is 0 Å². The van der Waals surface area contributed by atoms with Crippen molar-refractivity contribution in [3.05, 3.63) is 46.7 Å². The fraction of sp³-hybridized carbons (Fsp3) is 0. The second-order valence-corrected chi connectivity index (χ2v) is 5.36. The van der Waals surface area contributed by atoms with Gasteiger partial charge in [0.05, 0.1) is 14.8 Å². The summed E-state index contributed by atoms with van der Waals surface area (Å²) < 4.78 is 2.13. The number of hydrogen-bond donors (Lipinski definition) is 0. The highest BCUT2D eigenvalue weighted by molar-refractivity contribution is 7.19.